The van der Waals surface area contributed by atoms with Crippen molar-refractivity contribution in [1.82, 2.24) is 0 Å². The normalized spacial score (nSPS) is 51.7. The largest absolute Gasteiger partial charge is 0.394 e. The summed E-state index contributed by atoms with van der Waals surface area (Å²) in [7, 11) is 0. The fraction of sp³-hybridized carbons (Fsp3) is 1.00. The molecule has 2 heterocycles. The van der Waals surface area contributed by atoms with Crippen LogP contribution in [-0.4, -0.2) is 110 Å². The van der Waals surface area contributed by atoms with Crippen molar-refractivity contribution < 1.29 is 50.0 Å². The van der Waals surface area contributed by atoms with Crippen molar-refractivity contribution in [3.05, 3.63) is 0 Å². The molecule has 7 N–H and O–H groups in total. The van der Waals surface area contributed by atoms with Gasteiger partial charge in [-0.15, -0.1) is 0 Å². The fourth-order valence-electron chi connectivity index (χ4n) is 2.78. The molecule has 136 valence electrons. The molecule has 0 aromatic rings. The van der Waals surface area contributed by atoms with Crippen molar-refractivity contribution >= 4 is 0 Å². The molecule has 10 nitrogen and oxygen atoms in total. The van der Waals surface area contributed by atoms with Crippen molar-refractivity contribution in [2.24, 2.45) is 0 Å². The van der Waals surface area contributed by atoms with Gasteiger partial charge in [-0.2, -0.15) is 0 Å². The summed E-state index contributed by atoms with van der Waals surface area (Å²) >= 11 is 0. The van der Waals surface area contributed by atoms with E-state index in [2.05, 4.69) is 0 Å². The van der Waals surface area contributed by atoms with E-state index in [-0.39, 0.29) is 0 Å². The maximum absolute atomic E-state index is 10.1. The van der Waals surface area contributed by atoms with Gasteiger partial charge in [0.05, 0.1) is 19.3 Å². The summed E-state index contributed by atoms with van der Waals surface area (Å²) in [6.07, 6.45) is -13.2. The van der Waals surface area contributed by atoms with Gasteiger partial charge in [-0.25, -0.2) is 0 Å². The molecule has 0 saturated carbocycles. The first-order valence-electron chi connectivity index (χ1n) is 7.40. The first-order valence-corrected chi connectivity index (χ1v) is 7.40. The Bertz CT molecular complexity index is 378. The molecule has 0 amide bonds. The van der Waals surface area contributed by atoms with Crippen molar-refractivity contribution in [2.75, 3.05) is 13.2 Å². The molecule has 0 radical (unpaired) electrons. The minimum absolute atomic E-state index is 0.518. The Morgan fingerprint density at radius 1 is 0.739 bits per heavy atom. The van der Waals surface area contributed by atoms with Gasteiger partial charge in [-0.05, 0) is 6.92 Å². The molecule has 2 unspecified atom stereocenters. The quantitative estimate of drug-likeness (QED) is 0.265. The molecular weight excluding hydrogens is 316 g/mol. The van der Waals surface area contributed by atoms with Gasteiger partial charge in [-0.3, -0.25) is 0 Å². The van der Waals surface area contributed by atoms with Crippen LogP contribution in [0.5, 0.6) is 0 Å². The zero-order valence-electron chi connectivity index (χ0n) is 12.5. The molecule has 23 heavy (non-hydrogen) atoms. The van der Waals surface area contributed by atoms with Gasteiger partial charge in [-0.1, -0.05) is 0 Å². The average Bonchev–Trinajstić information content (AvgIpc) is 2.55. The third-order valence-corrected chi connectivity index (χ3v) is 4.24. The van der Waals surface area contributed by atoms with Crippen LogP contribution in [0.4, 0.5) is 0 Å². The molecule has 10 atom stereocenters. The van der Waals surface area contributed by atoms with Crippen LogP contribution in [-0.2, 0) is 14.2 Å². The second kappa shape index (κ2) is 7.66. The van der Waals surface area contributed by atoms with E-state index in [1.165, 1.54) is 6.92 Å². The van der Waals surface area contributed by atoms with Crippen LogP contribution in [0.1, 0.15) is 6.92 Å². The van der Waals surface area contributed by atoms with Crippen molar-refractivity contribution in [3.8, 4) is 0 Å². The summed E-state index contributed by atoms with van der Waals surface area (Å²) in [6.45, 7) is 0.369. The van der Waals surface area contributed by atoms with E-state index in [0.29, 0.717) is 0 Å². The van der Waals surface area contributed by atoms with E-state index in [1.54, 1.807) is 0 Å². The highest BCUT2D eigenvalue weighted by Gasteiger charge is 2.49. The van der Waals surface area contributed by atoms with Crippen LogP contribution < -0.4 is 0 Å². The van der Waals surface area contributed by atoms with E-state index < -0.39 is 74.4 Å². The van der Waals surface area contributed by atoms with E-state index in [9.17, 15) is 30.6 Å². The first kappa shape index (κ1) is 18.9. The van der Waals surface area contributed by atoms with Crippen LogP contribution in [0.2, 0.25) is 0 Å². The number of hydrogen-bond donors (Lipinski definition) is 7. The van der Waals surface area contributed by atoms with E-state index >= 15 is 0 Å². The van der Waals surface area contributed by atoms with Crippen molar-refractivity contribution in [1.29, 1.82) is 0 Å². The number of aliphatic hydroxyl groups is 7. The molecule has 2 aliphatic rings. The molecule has 2 rings (SSSR count). The fourth-order valence-corrected chi connectivity index (χ4v) is 2.78. The van der Waals surface area contributed by atoms with Gasteiger partial charge in [0.15, 0.2) is 6.29 Å². The van der Waals surface area contributed by atoms with Gasteiger partial charge in [0.2, 0.25) is 0 Å². The predicted molar refractivity (Wildman–Crippen MR) is 72.1 cm³/mol. The summed E-state index contributed by atoms with van der Waals surface area (Å²) < 4.78 is 15.9. The number of aliphatic hydroxyl groups excluding tert-OH is 7. The lowest BCUT2D eigenvalue weighted by atomic mass is 9.95. The lowest BCUT2D eigenvalue weighted by molar-refractivity contribution is -0.341. The second-order valence-corrected chi connectivity index (χ2v) is 5.84. The number of ether oxygens (including phenoxy) is 3. The van der Waals surface area contributed by atoms with Crippen LogP contribution in [0.3, 0.4) is 0 Å². The maximum atomic E-state index is 10.1. The van der Waals surface area contributed by atoms with Gasteiger partial charge in [0.25, 0.3) is 0 Å². The van der Waals surface area contributed by atoms with E-state index in [4.69, 9.17) is 19.3 Å². The van der Waals surface area contributed by atoms with Crippen molar-refractivity contribution in [3.63, 3.8) is 0 Å². The number of hydrogen-bond acceptors (Lipinski definition) is 10. The topological polar surface area (TPSA) is 169 Å². The summed E-state index contributed by atoms with van der Waals surface area (Å²) in [5.41, 5.74) is 0. The smallest absolute Gasteiger partial charge is 0.187 e. The van der Waals surface area contributed by atoms with Crippen LogP contribution in [0.25, 0.3) is 0 Å². The van der Waals surface area contributed by atoms with Gasteiger partial charge in [0, 0.05) is 0 Å². The van der Waals surface area contributed by atoms with Crippen LogP contribution >= 0.6 is 0 Å². The highest BCUT2D eigenvalue weighted by Crippen LogP contribution is 2.28. The molecule has 2 fully saturated rings. The SMILES string of the molecule is CC1O[C@H](CO)[C@@H](OC2O[C@H](CO)[C@@H](O)[C@H](O)[C@H]2O)[C@H](O)[C@H]1O. The monoisotopic (exact) mass is 340 g/mol. The lowest BCUT2D eigenvalue weighted by Crippen LogP contribution is -2.64. The van der Waals surface area contributed by atoms with Crippen LogP contribution in [0.15, 0.2) is 0 Å². The maximum Gasteiger partial charge on any atom is 0.187 e. The predicted octanol–water partition coefficient (Wildman–Crippen LogP) is -4.33. The molecular formula is C13H24O10. The Morgan fingerprint density at radius 3 is 1.91 bits per heavy atom. The molecule has 2 aliphatic heterocycles. The summed E-state index contributed by atoms with van der Waals surface area (Å²) in [4.78, 5) is 0. The Kier molecular flexibility index (Phi) is 6.30. The van der Waals surface area contributed by atoms with Gasteiger partial charge >= 0.3 is 0 Å². The third kappa shape index (κ3) is 3.66. The summed E-state index contributed by atoms with van der Waals surface area (Å²) in [5.74, 6) is 0. The zero-order valence-corrected chi connectivity index (χ0v) is 12.5. The molecule has 0 aliphatic carbocycles. The summed E-state index contributed by atoms with van der Waals surface area (Å²) in [5, 5.41) is 67.8. The lowest BCUT2D eigenvalue weighted by Gasteiger charge is -2.45. The Balaban J connectivity index is 2.11. The molecule has 0 aromatic carbocycles. The molecule has 2 saturated heterocycles. The zero-order chi connectivity index (χ0) is 17.3. The van der Waals surface area contributed by atoms with Gasteiger partial charge < -0.3 is 50.0 Å². The first-order chi connectivity index (χ1) is 10.8. The highest BCUT2D eigenvalue weighted by atomic mass is 16.7. The molecule has 10 heteroatoms. The Labute approximate surface area is 132 Å². The van der Waals surface area contributed by atoms with Gasteiger partial charge in [0.1, 0.15) is 48.8 Å². The van der Waals surface area contributed by atoms with Crippen molar-refractivity contribution in [2.45, 2.75) is 68.1 Å². The average molecular weight is 340 g/mol. The molecule has 0 spiro atoms. The summed E-state index contributed by atoms with van der Waals surface area (Å²) in [6, 6.07) is 0. The number of rotatable bonds is 4. The highest BCUT2D eigenvalue weighted by molar-refractivity contribution is 4.94. The Morgan fingerprint density at radius 2 is 1.35 bits per heavy atom. The Hall–Kier alpha value is -0.400. The standard InChI is InChI=1S/C13H24O10/c1-4-7(16)10(19)12(6(3-15)21-4)23-13-11(20)9(18)8(17)5(2-14)22-13/h4-20H,2-3H2,1H3/t4?,5-,6-,7+,8-,9+,10-,11-,12-,13?/m1/s1. The third-order valence-electron chi connectivity index (χ3n) is 4.24. The minimum atomic E-state index is -1.66. The van der Waals surface area contributed by atoms with E-state index in [1.807, 2.05) is 0 Å². The second-order valence-electron chi connectivity index (χ2n) is 5.84. The molecule has 0 aromatic heterocycles. The minimum Gasteiger partial charge on any atom is -0.394 e. The van der Waals surface area contributed by atoms with E-state index in [0.717, 1.165) is 0 Å². The molecule has 0 bridgehead atoms. The van der Waals surface area contributed by atoms with Crippen LogP contribution in [0, 0.1) is 0 Å².